The Morgan fingerprint density at radius 1 is 1.12 bits per heavy atom. The van der Waals surface area contributed by atoms with Crippen molar-refractivity contribution >= 4 is 22.4 Å². The lowest BCUT2D eigenvalue weighted by molar-refractivity contribution is -0.121. The van der Waals surface area contributed by atoms with Crippen LogP contribution in [-0.2, 0) is 11.2 Å². The zero-order valence-electron chi connectivity index (χ0n) is 14.5. The van der Waals surface area contributed by atoms with E-state index in [9.17, 15) is 4.79 Å². The van der Waals surface area contributed by atoms with Crippen LogP contribution in [0, 0.1) is 0 Å². The number of rotatable bonds is 5. The van der Waals surface area contributed by atoms with Gasteiger partial charge in [-0.05, 0) is 23.1 Å². The minimum Gasteiger partial charge on any atom is -0.351 e. The van der Waals surface area contributed by atoms with Gasteiger partial charge in [-0.1, -0.05) is 54.6 Å². The van der Waals surface area contributed by atoms with Gasteiger partial charge in [-0.2, -0.15) is 0 Å². The number of thiazole rings is 1. The summed E-state index contributed by atoms with van der Waals surface area (Å²) >= 11 is 1.65. The zero-order chi connectivity index (χ0) is 17.8. The number of nitrogens with one attached hydrogen (secondary N) is 1. The highest BCUT2D eigenvalue weighted by molar-refractivity contribution is 7.13. The van der Waals surface area contributed by atoms with E-state index in [-0.39, 0.29) is 11.9 Å². The summed E-state index contributed by atoms with van der Waals surface area (Å²) in [6.07, 6.45) is 3.21. The van der Waals surface area contributed by atoms with Crippen molar-refractivity contribution in [3.8, 4) is 11.1 Å². The second-order valence-corrected chi connectivity index (χ2v) is 7.43. The number of nitrogens with zero attached hydrogens (tertiary/aromatic N) is 2. The minimum atomic E-state index is 0.0865. The van der Waals surface area contributed by atoms with Gasteiger partial charge < -0.3 is 10.2 Å². The van der Waals surface area contributed by atoms with Gasteiger partial charge in [0, 0.05) is 30.7 Å². The third-order valence-electron chi connectivity index (χ3n) is 4.67. The van der Waals surface area contributed by atoms with E-state index in [2.05, 4.69) is 39.5 Å². The predicted molar refractivity (Wildman–Crippen MR) is 106 cm³/mol. The molecule has 1 aromatic heterocycles. The lowest BCUT2D eigenvalue weighted by Gasteiger charge is -2.16. The fraction of sp³-hybridized carbons (Fsp3) is 0.238. The van der Waals surface area contributed by atoms with E-state index in [1.54, 1.807) is 11.3 Å². The Kier molecular flexibility index (Phi) is 4.97. The molecule has 0 radical (unpaired) electrons. The van der Waals surface area contributed by atoms with Gasteiger partial charge in [-0.25, -0.2) is 4.98 Å². The van der Waals surface area contributed by atoms with Crippen molar-refractivity contribution in [1.29, 1.82) is 0 Å². The maximum Gasteiger partial charge on any atom is 0.224 e. The highest BCUT2D eigenvalue weighted by Crippen LogP contribution is 2.22. The molecule has 2 aromatic carbocycles. The number of carbonyl (C=O) groups excluding carboxylic acids is 1. The highest BCUT2D eigenvalue weighted by atomic mass is 32.1. The molecule has 1 N–H and O–H groups in total. The molecule has 4 rings (SSSR count). The van der Waals surface area contributed by atoms with Crippen molar-refractivity contribution in [2.24, 2.45) is 0 Å². The lowest BCUT2D eigenvalue weighted by Crippen LogP contribution is -2.37. The van der Waals surface area contributed by atoms with Crippen LogP contribution < -0.4 is 10.2 Å². The van der Waals surface area contributed by atoms with Crippen LogP contribution in [-0.4, -0.2) is 30.0 Å². The lowest BCUT2D eigenvalue weighted by atomic mass is 10.0. The van der Waals surface area contributed by atoms with E-state index < -0.39 is 0 Å². The molecule has 1 atom stereocenters. The van der Waals surface area contributed by atoms with Gasteiger partial charge in [0.1, 0.15) is 0 Å². The summed E-state index contributed by atoms with van der Waals surface area (Å²) in [6, 6.07) is 18.7. The minimum absolute atomic E-state index is 0.0865. The van der Waals surface area contributed by atoms with E-state index in [1.807, 2.05) is 41.9 Å². The summed E-state index contributed by atoms with van der Waals surface area (Å²) < 4.78 is 0. The Balaban J connectivity index is 1.31. The smallest absolute Gasteiger partial charge is 0.224 e. The Morgan fingerprint density at radius 3 is 2.62 bits per heavy atom. The molecule has 2 heterocycles. The Hall–Kier alpha value is -2.66. The SMILES string of the molecule is O=C(Cc1ccc(-c2ccccc2)cc1)NC1CCN(c2nccs2)C1. The van der Waals surface area contributed by atoms with E-state index >= 15 is 0 Å². The third-order valence-corrected chi connectivity index (χ3v) is 5.50. The van der Waals surface area contributed by atoms with Gasteiger partial charge in [0.2, 0.25) is 5.91 Å². The Morgan fingerprint density at radius 2 is 1.88 bits per heavy atom. The monoisotopic (exact) mass is 363 g/mol. The van der Waals surface area contributed by atoms with Gasteiger partial charge >= 0.3 is 0 Å². The number of amides is 1. The maximum atomic E-state index is 12.4. The summed E-state index contributed by atoms with van der Waals surface area (Å²) in [5.41, 5.74) is 3.40. The molecular formula is C21H21N3OS. The highest BCUT2D eigenvalue weighted by Gasteiger charge is 2.25. The average Bonchev–Trinajstić information content (AvgIpc) is 3.35. The summed E-state index contributed by atoms with van der Waals surface area (Å²) in [6.45, 7) is 1.79. The molecule has 1 amide bonds. The van der Waals surface area contributed by atoms with E-state index in [0.717, 1.165) is 30.2 Å². The zero-order valence-corrected chi connectivity index (χ0v) is 15.3. The van der Waals surface area contributed by atoms with Crippen LogP contribution in [0.2, 0.25) is 0 Å². The fourth-order valence-electron chi connectivity index (χ4n) is 3.33. The summed E-state index contributed by atoms with van der Waals surface area (Å²) in [5.74, 6) is 0.0865. The fourth-order valence-corrected chi connectivity index (χ4v) is 4.01. The third kappa shape index (κ3) is 3.94. The van der Waals surface area contributed by atoms with Crippen LogP contribution >= 0.6 is 11.3 Å². The van der Waals surface area contributed by atoms with Crippen molar-refractivity contribution in [2.45, 2.75) is 18.9 Å². The quantitative estimate of drug-likeness (QED) is 0.751. The van der Waals surface area contributed by atoms with Crippen LogP contribution in [0.5, 0.6) is 0 Å². The molecular weight excluding hydrogens is 342 g/mol. The molecule has 1 aliphatic heterocycles. The van der Waals surface area contributed by atoms with Gasteiger partial charge in [-0.3, -0.25) is 4.79 Å². The molecule has 1 unspecified atom stereocenters. The largest absolute Gasteiger partial charge is 0.351 e. The molecule has 132 valence electrons. The Labute approximate surface area is 157 Å². The molecule has 0 saturated carbocycles. The molecule has 3 aromatic rings. The number of hydrogen-bond acceptors (Lipinski definition) is 4. The molecule has 1 saturated heterocycles. The van der Waals surface area contributed by atoms with E-state index in [0.29, 0.717) is 6.42 Å². The number of carbonyl (C=O) groups is 1. The van der Waals surface area contributed by atoms with Crippen LogP contribution in [0.1, 0.15) is 12.0 Å². The molecule has 0 bridgehead atoms. The maximum absolute atomic E-state index is 12.4. The van der Waals surface area contributed by atoms with Crippen LogP contribution in [0.3, 0.4) is 0 Å². The van der Waals surface area contributed by atoms with Gasteiger partial charge in [-0.15, -0.1) is 11.3 Å². The van der Waals surface area contributed by atoms with Crippen LogP contribution in [0.15, 0.2) is 66.2 Å². The van der Waals surface area contributed by atoms with Crippen molar-refractivity contribution in [1.82, 2.24) is 10.3 Å². The van der Waals surface area contributed by atoms with Crippen LogP contribution in [0.25, 0.3) is 11.1 Å². The standard InChI is InChI=1S/C21H21N3OS/c25-20(23-19-10-12-24(15-19)21-22-11-13-26-21)14-16-6-8-18(9-7-16)17-4-2-1-3-5-17/h1-9,11,13,19H,10,12,14-15H2,(H,23,25). The molecule has 1 aliphatic rings. The predicted octanol–water partition coefficient (Wildman–Crippen LogP) is 3.75. The average molecular weight is 363 g/mol. The molecule has 26 heavy (non-hydrogen) atoms. The molecule has 4 nitrogen and oxygen atoms in total. The summed E-state index contributed by atoms with van der Waals surface area (Å²) in [4.78, 5) is 19.0. The van der Waals surface area contributed by atoms with Crippen molar-refractivity contribution in [3.63, 3.8) is 0 Å². The molecule has 1 fully saturated rings. The molecule has 0 spiro atoms. The van der Waals surface area contributed by atoms with Crippen molar-refractivity contribution in [2.75, 3.05) is 18.0 Å². The summed E-state index contributed by atoms with van der Waals surface area (Å²) in [7, 11) is 0. The first-order valence-corrected chi connectivity index (χ1v) is 9.74. The van der Waals surface area contributed by atoms with Crippen molar-refractivity contribution in [3.05, 3.63) is 71.7 Å². The topological polar surface area (TPSA) is 45.2 Å². The molecule has 0 aliphatic carbocycles. The van der Waals surface area contributed by atoms with Crippen LogP contribution in [0.4, 0.5) is 5.13 Å². The first-order chi connectivity index (χ1) is 12.8. The number of hydrogen-bond donors (Lipinski definition) is 1. The van der Waals surface area contributed by atoms with Gasteiger partial charge in [0.05, 0.1) is 6.42 Å². The van der Waals surface area contributed by atoms with Crippen molar-refractivity contribution < 1.29 is 4.79 Å². The number of benzene rings is 2. The molecule has 5 heteroatoms. The first-order valence-electron chi connectivity index (χ1n) is 8.86. The van der Waals surface area contributed by atoms with Gasteiger partial charge in [0.15, 0.2) is 5.13 Å². The van der Waals surface area contributed by atoms with E-state index in [4.69, 9.17) is 0 Å². The van der Waals surface area contributed by atoms with Gasteiger partial charge in [0.25, 0.3) is 0 Å². The second kappa shape index (κ2) is 7.70. The second-order valence-electron chi connectivity index (χ2n) is 6.55. The number of anilines is 1. The Bertz CT molecular complexity index is 847. The normalized spacial score (nSPS) is 16.6. The first kappa shape index (κ1) is 16.8. The van der Waals surface area contributed by atoms with E-state index in [1.165, 1.54) is 11.1 Å². The summed E-state index contributed by atoms with van der Waals surface area (Å²) in [5, 5.41) is 6.19. The number of aromatic nitrogens is 1.